The summed E-state index contributed by atoms with van der Waals surface area (Å²) in [5.74, 6) is 0.338. The second kappa shape index (κ2) is 8.27. The Bertz CT molecular complexity index is 1080. The van der Waals surface area contributed by atoms with Crippen molar-refractivity contribution in [3.63, 3.8) is 0 Å². The zero-order chi connectivity index (χ0) is 20.4. The van der Waals surface area contributed by atoms with Crippen molar-refractivity contribution in [2.24, 2.45) is 0 Å². The molecule has 1 aromatic heterocycles. The molecule has 2 aromatic carbocycles. The molecule has 6 nitrogen and oxygen atoms in total. The molecule has 1 aliphatic rings. The number of nitrogens with zero attached hydrogens (tertiary/aromatic N) is 3. The summed E-state index contributed by atoms with van der Waals surface area (Å²) in [6, 6.07) is 14.2. The van der Waals surface area contributed by atoms with E-state index in [2.05, 4.69) is 10.4 Å². The molecule has 0 atom stereocenters. The molecule has 29 heavy (non-hydrogen) atoms. The van der Waals surface area contributed by atoms with Crippen molar-refractivity contribution in [1.82, 2.24) is 9.78 Å². The monoisotopic (exact) mass is 428 g/mol. The average molecular weight is 429 g/mol. The molecule has 0 spiro atoms. The molecule has 4 rings (SSSR count). The van der Waals surface area contributed by atoms with Crippen molar-refractivity contribution in [2.45, 2.75) is 19.4 Å². The molecule has 0 aliphatic carbocycles. The van der Waals surface area contributed by atoms with E-state index < -0.39 is 0 Å². The molecule has 2 amide bonds. The number of aromatic nitrogens is 2. The molecule has 1 aliphatic heterocycles. The van der Waals surface area contributed by atoms with Crippen LogP contribution in [0.25, 0.3) is 0 Å². The maximum absolute atomic E-state index is 12.8. The summed E-state index contributed by atoms with van der Waals surface area (Å²) in [6.45, 7) is 1.04. The van der Waals surface area contributed by atoms with Gasteiger partial charge in [0.1, 0.15) is 5.82 Å². The first-order chi connectivity index (χ1) is 14.0. The Morgan fingerprint density at radius 3 is 2.76 bits per heavy atom. The van der Waals surface area contributed by atoms with Crippen LogP contribution in [0.4, 0.5) is 11.5 Å². The highest BCUT2D eigenvalue weighted by Gasteiger charge is 2.22. The van der Waals surface area contributed by atoms with Crippen molar-refractivity contribution < 1.29 is 9.59 Å². The van der Waals surface area contributed by atoms with Gasteiger partial charge >= 0.3 is 0 Å². The third-order valence-electron chi connectivity index (χ3n) is 4.80. The van der Waals surface area contributed by atoms with Gasteiger partial charge in [-0.3, -0.25) is 9.59 Å². The third kappa shape index (κ3) is 4.13. The van der Waals surface area contributed by atoms with Gasteiger partial charge in [-0.15, -0.1) is 0 Å². The van der Waals surface area contributed by atoms with Crippen molar-refractivity contribution in [2.75, 3.05) is 16.8 Å². The molecule has 1 saturated heterocycles. The van der Waals surface area contributed by atoms with Gasteiger partial charge in [0.2, 0.25) is 5.91 Å². The van der Waals surface area contributed by atoms with Crippen LogP contribution >= 0.6 is 23.2 Å². The van der Waals surface area contributed by atoms with Crippen LogP contribution in [-0.2, 0) is 11.3 Å². The second-order valence-corrected chi connectivity index (χ2v) is 7.53. The largest absolute Gasteiger partial charge is 0.312 e. The van der Waals surface area contributed by atoms with Crippen LogP contribution in [0.15, 0.2) is 54.7 Å². The van der Waals surface area contributed by atoms with Crippen molar-refractivity contribution in [3.05, 3.63) is 75.9 Å². The zero-order valence-corrected chi connectivity index (χ0v) is 17.0. The fraction of sp³-hybridized carbons (Fsp3) is 0.190. The minimum atomic E-state index is -0.280. The number of anilines is 2. The van der Waals surface area contributed by atoms with E-state index in [4.69, 9.17) is 23.2 Å². The SMILES string of the molecule is O=C(Nc1ccnn1Cc1cccc(Cl)c1Cl)c1cccc(N2CCCC2=O)c1. The molecule has 0 bridgehead atoms. The molecular formula is C21H18Cl2N4O2. The van der Waals surface area contributed by atoms with E-state index >= 15 is 0 Å². The molecule has 3 aromatic rings. The van der Waals surface area contributed by atoms with Crippen LogP contribution in [0.5, 0.6) is 0 Å². The van der Waals surface area contributed by atoms with Crippen molar-refractivity contribution >= 4 is 46.5 Å². The third-order valence-corrected chi connectivity index (χ3v) is 5.66. The highest BCUT2D eigenvalue weighted by Crippen LogP contribution is 2.27. The van der Waals surface area contributed by atoms with Gasteiger partial charge in [-0.2, -0.15) is 5.10 Å². The zero-order valence-electron chi connectivity index (χ0n) is 15.4. The lowest BCUT2D eigenvalue weighted by Gasteiger charge is -2.16. The standard InChI is InChI=1S/C21H18Cl2N4O2/c22-17-7-2-5-15(20(17)23)13-27-18(9-10-24-27)25-21(29)14-4-1-6-16(12-14)26-11-3-8-19(26)28/h1-2,4-7,9-10,12H,3,8,11,13H2,(H,25,29). The summed E-state index contributed by atoms with van der Waals surface area (Å²) in [6.07, 6.45) is 2.98. The first-order valence-corrected chi connectivity index (χ1v) is 9.95. The summed E-state index contributed by atoms with van der Waals surface area (Å²) in [7, 11) is 0. The van der Waals surface area contributed by atoms with Gasteiger partial charge in [-0.25, -0.2) is 4.68 Å². The molecule has 1 N–H and O–H groups in total. The van der Waals surface area contributed by atoms with E-state index in [0.29, 0.717) is 40.9 Å². The minimum Gasteiger partial charge on any atom is -0.312 e. The second-order valence-electron chi connectivity index (χ2n) is 6.74. The molecule has 1 fully saturated rings. The highest BCUT2D eigenvalue weighted by atomic mass is 35.5. The number of benzene rings is 2. The number of carbonyl (C=O) groups excluding carboxylic acids is 2. The Balaban J connectivity index is 1.52. The first-order valence-electron chi connectivity index (χ1n) is 9.19. The van der Waals surface area contributed by atoms with E-state index in [1.807, 2.05) is 18.2 Å². The van der Waals surface area contributed by atoms with Gasteiger partial charge in [0, 0.05) is 30.3 Å². The van der Waals surface area contributed by atoms with Gasteiger partial charge in [0.25, 0.3) is 5.91 Å². The maximum atomic E-state index is 12.8. The summed E-state index contributed by atoms with van der Waals surface area (Å²) in [5.41, 5.74) is 2.00. The normalized spacial score (nSPS) is 13.7. The maximum Gasteiger partial charge on any atom is 0.256 e. The minimum absolute atomic E-state index is 0.0824. The number of hydrogen-bond acceptors (Lipinski definition) is 3. The smallest absolute Gasteiger partial charge is 0.256 e. The number of hydrogen-bond donors (Lipinski definition) is 1. The van der Waals surface area contributed by atoms with Crippen molar-refractivity contribution in [3.8, 4) is 0 Å². The van der Waals surface area contributed by atoms with E-state index in [1.54, 1.807) is 46.1 Å². The summed E-state index contributed by atoms with van der Waals surface area (Å²) in [4.78, 5) is 26.5. The lowest BCUT2D eigenvalue weighted by atomic mass is 10.1. The molecule has 2 heterocycles. The quantitative estimate of drug-likeness (QED) is 0.644. The number of halogens is 2. The molecular weight excluding hydrogens is 411 g/mol. The van der Waals surface area contributed by atoms with Gasteiger partial charge in [0.15, 0.2) is 0 Å². The predicted molar refractivity (Wildman–Crippen MR) is 114 cm³/mol. The van der Waals surface area contributed by atoms with Crippen molar-refractivity contribution in [1.29, 1.82) is 0 Å². The van der Waals surface area contributed by atoms with Gasteiger partial charge < -0.3 is 10.2 Å². The molecule has 8 heteroatoms. The van der Waals surface area contributed by atoms with Crippen LogP contribution in [0, 0.1) is 0 Å². The molecule has 0 radical (unpaired) electrons. The topological polar surface area (TPSA) is 67.2 Å². The van der Waals surface area contributed by atoms with Crippen LogP contribution in [-0.4, -0.2) is 28.1 Å². The van der Waals surface area contributed by atoms with E-state index in [0.717, 1.165) is 17.7 Å². The van der Waals surface area contributed by atoms with Gasteiger partial charge in [-0.1, -0.05) is 41.4 Å². The van der Waals surface area contributed by atoms with Gasteiger partial charge in [-0.05, 0) is 36.2 Å². The first kappa shape index (κ1) is 19.5. The number of nitrogens with one attached hydrogen (secondary N) is 1. The van der Waals surface area contributed by atoms with Crippen LogP contribution in [0.2, 0.25) is 10.0 Å². The lowest BCUT2D eigenvalue weighted by Crippen LogP contribution is -2.24. The Morgan fingerprint density at radius 2 is 1.97 bits per heavy atom. The lowest BCUT2D eigenvalue weighted by molar-refractivity contribution is -0.117. The number of rotatable bonds is 5. The number of amides is 2. The number of carbonyl (C=O) groups is 2. The summed E-state index contributed by atoms with van der Waals surface area (Å²) in [5, 5.41) is 8.07. The van der Waals surface area contributed by atoms with E-state index in [-0.39, 0.29) is 11.8 Å². The Morgan fingerprint density at radius 1 is 1.14 bits per heavy atom. The Kier molecular flexibility index (Phi) is 5.56. The van der Waals surface area contributed by atoms with E-state index in [9.17, 15) is 9.59 Å². The Labute approximate surface area is 178 Å². The average Bonchev–Trinajstić information content (AvgIpc) is 3.34. The van der Waals surface area contributed by atoms with Crippen LogP contribution < -0.4 is 10.2 Å². The Hall–Kier alpha value is -2.83. The molecule has 0 saturated carbocycles. The van der Waals surface area contributed by atoms with E-state index in [1.165, 1.54) is 0 Å². The van der Waals surface area contributed by atoms with Gasteiger partial charge in [0.05, 0.1) is 22.8 Å². The molecule has 0 unspecified atom stereocenters. The fourth-order valence-electron chi connectivity index (χ4n) is 3.32. The summed E-state index contributed by atoms with van der Waals surface area (Å²) < 4.78 is 1.64. The highest BCUT2D eigenvalue weighted by molar-refractivity contribution is 6.42. The summed E-state index contributed by atoms with van der Waals surface area (Å²) >= 11 is 12.3. The van der Waals surface area contributed by atoms with Crippen LogP contribution in [0.3, 0.4) is 0 Å². The van der Waals surface area contributed by atoms with Crippen LogP contribution in [0.1, 0.15) is 28.8 Å². The fourth-order valence-corrected chi connectivity index (χ4v) is 3.70. The predicted octanol–water partition coefficient (Wildman–Crippen LogP) is 4.62. The molecule has 148 valence electrons.